The zero-order chi connectivity index (χ0) is 31.2. The van der Waals surface area contributed by atoms with Crippen molar-refractivity contribution in [3.8, 4) is 0 Å². The Morgan fingerprint density at radius 3 is 2.18 bits per heavy atom. The van der Waals surface area contributed by atoms with Gasteiger partial charge in [-0.05, 0) is 107 Å². The van der Waals surface area contributed by atoms with E-state index in [-0.39, 0.29) is 23.9 Å². The Hall–Kier alpha value is -4.42. The molecule has 1 unspecified atom stereocenters. The van der Waals surface area contributed by atoms with E-state index in [2.05, 4.69) is 33.2 Å². The molecule has 4 aromatic rings. The molecule has 1 aliphatic heterocycles. The molecule has 0 bridgehead atoms. The van der Waals surface area contributed by atoms with Crippen LogP contribution in [0, 0.1) is 3.57 Å². The Balaban J connectivity index is 1.28. The molecule has 5 rings (SSSR count). The molecule has 0 aliphatic carbocycles. The molecule has 1 fully saturated rings. The molecule has 1 atom stereocenters. The van der Waals surface area contributed by atoms with Gasteiger partial charge in [0.25, 0.3) is 11.8 Å². The predicted octanol–water partition coefficient (Wildman–Crippen LogP) is 6.19. The number of carbonyl (C=O) groups is 4. The van der Waals surface area contributed by atoms with Crippen LogP contribution in [0.15, 0.2) is 114 Å². The zero-order valence-electron chi connectivity index (χ0n) is 24.0. The van der Waals surface area contributed by atoms with Crippen LogP contribution >= 0.6 is 34.4 Å². The van der Waals surface area contributed by atoms with Crippen molar-refractivity contribution in [2.24, 2.45) is 0 Å². The lowest BCUT2D eigenvalue weighted by Gasteiger charge is -2.15. The number of hydrogen-bond acceptors (Lipinski definition) is 6. The van der Waals surface area contributed by atoms with Crippen molar-refractivity contribution in [1.82, 2.24) is 5.32 Å². The van der Waals surface area contributed by atoms with Crippen molar-refractivity contribution in [3.05, 3.63) is 124 Å². The summed E-state index contributed by atoms with van der Waals surface area (Å²) in [5, 5.41) is 5.06. The molecule has 1 aliphatic rings. The molecular formula is C34H29IN4O4S. The van der Waals surface area contributed by atoms with E-state index in [1.807, 2.05) is 61.5 Å². The van der Waals surface area contributed by atoms with Crippen molar-refractivity contribution >= 4 is 81.1 Å². The van der Waals surface area contributed by atoms with Crippen molar-refractivity contribution < 1.29 is 19.2 Å². The molecule has 4 aromatic carbocycles. The molecule has 1 saturated heterocycles. The Labute approximate surface area is 273 Å². The molecule has 8 nitrogen and oxygen atoms in total. The number of amides is 4. The average Bonchev–Trinajstić information content (AvgIpc) is 3.30. The van der Waals surface area contributed by atoms with Crippen LogP contribution in [0.3, 0.4) is 0 Å². The van der Waals surface area contributed by atoms with Crippen LogP contribution in [-0.4, -0.2) is 43.0 Å². The lowest BCUT2D eigenvalue weighted by atomic mass is 10.1. The number of benzene rings is 4. The molecule has 0 aromatic heterocycles. The quantitative estimate of drug-likeness (QED) is 0.122. The molecular weight excluding hydrogens is 687 g/mol. The van der Waals surface area contributed by atoms with Gasteiger partial charge in [-0.2, -0.15) is 0 Å². The maximum atomic E-state index is 13.4. The minimum Gasteiger partial charge on any atom is -0.378 e. The summed E-state index contributed by atoms with van der Waals surface area (Å²) in [6.07, 6.45) is 1.74. The van der Waals surface area contributed by atoms with Crippen LogP contribution in [0.25, 0.3) is 6.08 Å². The third-order valence-corrected chi connectivity index (χ3v) is 8.75. The third-order valence-electron chi connectivity index (χ3n) is 6.83. The van der Waals surface area contributed by atoms with E-state index in [0.29, 0.717) is 16.9 Å². The first-order chi connectivity index (χ1) is 21.2. The highest BCUT2D eigenvalue weighted by atomic mass is 127. The van der Waals surface area contributed by atoms with Crippen molar-refractivity contribution in [3.63, 3.8) is 0 Å². The number of imide groups is 1. The smallest absolute Gasteiger partial charge is 0.272 e. The fourth-order valence-electron chi connectivity index (χ4n) is 4.51. The van der Waals surface area contributed by atoms with Gasteiger partial charge in [0.2, 0.25) is 11.8 Å². The molecule has 0 spiro atoms. The van der Waals surface area contributed by atoms with Gasteiger partial charge >= 0.3 is 0 Å². The molecule has 44 heavy (non-hydrogen) atoms. The summed E-state index contributed by atoms with van der Waals surface area (Å²) in [6, 6.07) is 30.6. The summed E-state index contributed by atoms with van der Waals surface area (Å²) in [5.74, 6) is -1.37. The first kappa shape index (κ1) is 31.0. The van der Waals surface area contributed by atoms with E-state index in [9.17, 15) is 19.2 Å². The van der Waals surface area contributed by atoms with Crippen LogP contribution in [0.1, 0.15) is 22.3 Å². The minimum absolute atomic E-state index is 0.0839. The number of carbonyl (C=O) groups excluding carboxylic acids is 4. The summed E-state index contributed by atoms with van der Waals surface area (Å²) >= 11 is 3.49. The van der Waals surface area contributed by atoms with Crippen LogP contribution in [-0.2, 0) is 14.4 Å². The fourth-order valence-corrected chi connectivity index (χ4v) is 5.93. The van der Waals surface area contributed by atoms with Gasteiger partial charge in [0.05, 0.1) is 10.9 Å². The highest BCUT2D eigenvalue weighted by Crippen LogP contribution is 2.34. The van der Waals surface area contributed by atoms with Crippen molar-refractivity contribution in [2.45, 2.75) is 16.6 Å². The SMILES string of the molecule is CN(C)c1ccc(/C=C(\NC(=O)c2ccccc2)C(=O)Nc2ccc(SC3CC(=O)N(c4ccc(I)cc4)C3=O)cc2)cc1. The fraction of sp³-hybridized carbons (Fsp3) is 0.118. The summed E-state index contributed by atoms with van der Waals surface area (Å²) in [5.41, 5.74) is 3.34. The lowest BCUT2D eigenvalue weighted by molar-refractivity contribution is -0.121. The van der Waals surface area contributed by atoms with E-state index >= 15 is 0 Å². The summed E-state index contributed by atoms with van der Waals surface area (Å²) in [4.78, 5) is 56.1. The number of nitrogens with one attached hydrogen (secondary N) is 2. The number of hydrogen-bond donors (Lipinski definition) is 2. The molecule has 10 heteroatoms. The highest BCUT2D eigenvalue weighted by molar-refractivity contribution is 14.1. The number of rotatable bonds is 9. The zero-order valence-corrected chi connectivity index (χ0v) is 27.0. The second-order valence-corrected chi connectivity index (χ2v) is 12.7. The van der Waals surface area contributed by atoms with Crippen LogP contribution < -0.4 is 20.4 Å². The Bertz CT molecular complexity index is 1710. The first-order valence-corrected chi connectivity index (χ1v) is 15.7. The van der Waals surface area contributed by atoms with Gasteiger partial charge in [0.15, 0.2) is 0 Å². The molecule has 2 N–H and O–H groups in total. The van der Waals surface area contributed by atoms with E-state index in [4.69, 9.17) is 0 Å². The largest absolute Gasteiger partial charge is 0.378 e. The Morgan fingerprint density at radius 1 is 0.886 bits per heavy atom. The van der Waals surface area contributed by atoms with Gasteiger partial charge in [-0.15, -0.1) is 11.8 Å². The van der Waals surface area contributed by atoms with Crippen molar-refractivity contribution in [2.75, 3.05) is 29.2 Å². The second kappa shape index (κ2) is 13.9. The number of nitrogens with zero attached hydrogens (tertiary/aromatic N) is 2. The summed E-state index contributed by atoms with van der Waals surface area (Å²) in [6.45, 7) is 0. The predicted molar refractivity (Wildman–Crippen MR) is 184 cm³/mol. The van der Waals surface area contributed by atoms with Gasteiger partial charge in [0, 0.05) is 45.9 Å². The second-order valence-electron chi connectivity index (χ2n) is 10.2. The van der Waals surface area contributed by atoms with Gasteiger partial charge in [-0.1, -0.05) is 30.3 Å². The topological polar surface area (TPSA) is 98.8 Å². The van der Waals surface area contributed by atoms with Crippen LogP contribution in [0.4, 0.5) is 17.1 Å². The summed E-state index contributed by atoms with van der Waals surface area (Å²) in [7, 11) is 3.89. The number of halogens is 1. The third kappa shape index (κ3) is 7.56. The van der Waals surface area contributed by atoms with E-state index < -0.39 is 17.1 Å². The van der Waals surface area contributed by atoms with Crippen LogP contribution in [0.5, 0.6) is 0 Å². The molecule has 0 saturated carbocycles. The average molecular weight is 717 g/mol. The first-order valence-electron chi connectivity index (χ1n) is 13.7. The van der Waals surface area contributed by atoms with Gasteiger partial charge < -0.3 is 15.5 Å². The monoisotopic (exact) mass is 716 g/mol. The summed E-state index contributed by atoms with van der Waals surface area (Å²) < 4.78 is 1.02. The maximum Gasteiger partial charge on any atom is 0.272 e. The minimum atomic E-state index is -0.538. The molecule has 222 valence electrons. The Morgan fingerprint density at radius 2 is 1.55 bits per heavy atom. The number of thioether (sulfide) groups is 1. The Kier molecular flexibility index (Phi) is 9.81. The normalized spacial score (nSPS) is 14.8. The van der Waals surface area contributed by atoms with Gasteiger partial charge in [0.1, 0.15) is 5.70 Å². The van der Waals surface area contributed by atoms with Crippen molar-refractivity contribution in [1.29, 1.82) is 0 Å². The standard InChI is InChI=1S/C34H29IN4O4S/c1-38(2)26-14-8-22(9-15-26)20-29(37-32(41)23-6-4-3-5-7-23)33(42)36-25-12-18-28(19-13-25)44-30-21-31(40)39(34(30)43)27-16-10-24(35)11-17-27/h3-20,30H,21H2,1-2H3,(H,36,42)(H,37,41)/b29-20-. The van der Waals surface area contributed by atoms with E-state index in [1.165, 1.54) is 16.7 Å². The van der Waals surface area contributed by atoms with Gasteiger partial charge in [-0.3, -0.25) is 19.2 Å². The van der Waals surface area contributed by atoms with E-state index in [0.717, 1.165) is 19.7 Å². The molecule has 1 heterocycles. The highest BCUT2D eigenvalue weighted by Gasteiger charge is 2.40. The van der Waals surface area contributed by atoms with Gasteiger partial charge in [-0.25, -0.2) is 4.90 Å². The van der Waals surface area contributed by atoms with Crippen LogP contribution in [0.2, 0.25) is 0 Å². The van der Waals surface area contributed by atoms with E-state index in [1.54, 1.807) is 66.7 Å². The number of anilines is 3. The molecule has 0 radical (unpaired) electrons. The molecule has 4 amide bonds. The lowest BCUT2D eigenvalue weighted by Crippen LogP contribution is -2.31. The maximum absolute atomic E-state index is 13.4.